The summed E-state index contributed by atoms with van der Waals surface area (Å²) < 4.78 is 0. The Bertz CT molecular complexity index is 767. The summed E-state index contributed by atoms with van der Waals surface area (Å²) in [7, 11) is 0. The van der Waals surface area contributed by atoms with Crippen LogP contribution >= 0.6 is 0 Å². The predicted molar refractivity (Wildman–Crippen MR) is 96.0 cm³/mol. The molecule has 0 atom stereocenters. The molecule has 1 aromatic heterocycles. The minimum atomic E-state index is -0.143. The molecule has 1 aliphatic rings. The lowest BCUT2D eigenvalue weighted by molar-refractivity contribution is -0.114. The van der Waals surface area contributed by atoms with Crippen molar-refractivity contribution in [1.29, 1.82) is 0 Å². The standard InChI is InChI=1S/C18H21N5O/c1-12(24)22-17-8-5-13(10-20-17)11-21-18(19)23-16-7-6-14-3-2-4-15(14)9-16/h5-10H,2-4,11H2,1H3,(H3,19,21,23)(H,20,22,24). The molecule has 0 radical (unpaired) electrons. The number of aromatic nitrogens is 1. The first-order valence-corrected chi connectivity index (χ1v) is 8.01. The molecule has 6 heteroatoms. The van der Waals surface area contributed by atoms with E-state index in [0.717, 1.165) is 17.7 Å². The minimum Gasteiger partial charge on any atom is -0.370 e. The molecule has 0 saturated carbocycles. The van der Waals surface area contributed by atoms with Crippen molar-refractivity contribution in [2.24, 2.45) is 10.7 Å². The van der Waals surface area contributed by atoms with Crippen molar-refractivity contribution in [2.75, 3.05) is 10.6 Å². The highest BCUT2D eigenvalue weighted by Crippen LogP contribution is 2.24. The second kappa shape index (κ2) is 7.12. The lowest BCUT2D eigenvalue weighted by Crippen LogP contribution is -2.22. The zero-order chi connectivity index (χ0) is 16.9. The van der Waals surface area contributed by atoms with Crippen molar-refractivity contribution in [3.8, 4) is 0 Å². The first kappa shape index (κ1) is 16.0. The summed E-state index contributed by atoms with van der Waals surface area (Å²) in [4.78, 5) is 19.4. The molecule has 1 aliphatic carbocycles. The summed E-state index contributed by atoms with van der Waals surface area (Å²) in [6.07, 6.45) is 5.20. The van der Waals surface area contributed by atoms with Gasteiger partial charge in [0.2, 0.25) is 5.91 Å². The van der Waals surface area contributed by atoms with E-state index in [1.54, 1.807) is 12.3 Å². The fourth-order valence-electron chi connectivity index (χ4n) is 2.79. The number of nitrogens with one attached hydrogen (secondary N) is 2. The number of hydrogen-bond acceptors (Lipinski definition) is 3. The van der Waals surface area contributed by atoms with E-state index in [0.29, 0.717) is 18.3 Å². The lowest BCUT2D eigenvalue weighted by Gasteiger charge is -2.08. The molecule has 1 heterocycles. The Kier molecular flexibility index (Phi) is 4.74. The van der Waals surface area contributed by atoms with E-state index in [1.165, 1.54) is 30.9 Å². The van der Waals surface area contributed by atoms with Crippen LogP contribution in [0, 0.1) is 0 Å². The van der Waals surface area contributed by atoms with Crippen LogP contribution in [0.25, 0.3) is 0 Å². The Morgan fingerprint density at radius 2 is 2.04 bits per heavy atom. The summed E-state index contributed by atoms with van der Waals surface area (Å²) in [5.41, 5.74) is 10.7. The van der Waals surface area contributed by atoms with Gasteiger partial charge in [0.1, 0.15) is 5.82 Å². The summed E-state index contributed by atoms with van der Waals surface area (Å²) in [5.74, 6) is 0.759. The van der Waals surface area contributed by atoms with Crippen molar-refractivity contribution in [2.45, 2.75) is 32.7 Å². The number of pyridine rings is 1. The molecule has 1 amide bonds. The molecule has 0 aliphatic heterocycles. The van der Waals surface area contributed by atoms with Gasteiger partial charge in [-0.1, -0.05) is 12.1 Å². The van der Waals surface area contributed by atoms with Gasteiger partial charge >= 0.3 is 0 Å². The van der Waals surface area contributed by atoms with Crippen LogP contribution < -0.4 is 16.4 Å². The minimum absolute atomic E-state index is 0.143. The molecule has 3 rings (SSSR count). The number of guanidine groups is 1. The number of amides is 1. The van der Waals surface area contributed by atoms with Crippen LogP contribution in [-0.4, -0.2) is 16.9 Å². The van der Waals surface area contributed by atoms with Gasteiger partial charge < -0.3 is 16.4 Å². The zero-order valence-corrected chi connectivity index (χ0v) is 13.7. The smallest absolute Gasteiger partial charge is 0.222 e. The highest BCUT2D eigenvalue weighted by atomic mass is 16.1. The van der Waals surface area contributed by atoms with E-state index in [9.17, 15) is 4.79 Å². The molecule has 24 heavy (non-hydrogen) atoms. The number of benzene rings is 1. The third-order valence-corrected chi connectivity index (χ3v) is 3.93. The fraction of sp³-hybridized carbons (Fsp3) is 0.278. The molecular weight excluding hydrogens is 302 g/mol. The van der Waals surface area contributed by atoms with Crippen LogP contribution in [0.15, 0.2) is 41.5 Å². The number of rotatable bonds is 4. The molecule has 0 unspecified atom stereocenters. The van der Waals surface area contributed by atoms with Crippen LogP contribution in [-0.2, 0) is 24.2 Å². The maximum atomic E-state index is 11.0. The SMILES string of the molecule is CC(=O)Nc1ccc(CN=C(N)Nc2ccc3c(c2)CCC3)cn1. The molecule has 4 N–H and O–H groups in total. The van der Waals surface area contributed by atoms with Gasteiger partial charge in [-0.15, -0.1) is 0 Å². The molecular formula is C18H21N5O. The van der Waals surface area contributed by atoms with Crippen molar-refractivity contribution in [3.63, 3.8) is 0 Å². The maximum Gasteiger partial charge on any atom is 0.222 e. The maximum absolute atomic E-state index is 11.0. The third kappa shape index (κ3) is 4.10. The first-order chi connectivity index (χ1) is 11.6. The van der Waals surface area contributed by atoms with E-state index in [-0.39, 0.29) is 5.91 Å². The average molecular weight is 323 g/mol. The highest BCUT2D eigenvalue weighted by Gasteiger charge is 2.10. The van der Waals surface area contributed by atoms with E-state index < -0.39 is 0 Å². The highest BCUT2D eigenvalue weighted by molar-refractivity contribution is 5.92. The summed E-state index contributed by atoms with van der Waals surface area (Å²) in [6, 6.07) is 9.95. The van der Waals surface area contributed by atoms with Crippen molar-refractivity contribution < 1.29 is 4.79 Å². The predicted octanol–water partition coefficient (Wildman–Crippen LogP) is 2.46. The molecule has 6 nitrogen and oxygen atoms in total. The van der Waals surface area contributed by atoms with Gasteiger partial charge in [-0.25, -0.2) is 9.98 Å². The third-order valence-electron chi connectivity index (χ3n) is 3.93. The van der Waals surface area contributed by atoms with E-state index >= 15 is 0 Å². The Morgan fingerprint density at radius 1 is 1.21 bits per heavy atom. The van der Waals surface area contributed by atoms with Gasteiger partial charge in [-0.3, -0.25) is 4.79 Å². The number of aryl methyl sites for hydroxylation is 2. The van der Waals surface area contributed by atoms with Crippen molar-refractivity contribution >= 4 is 23.4 Å². The van der Waals surface area contributed by atoms with Crippen LogP contribution in [0.4, 0.5) is 11.5 Å². The molecule has 2 aromatic rings. The summed E-state index contributed by atoms with van der Waals surface area (Å²) >= 11 is 0. The van der Waals surface area contributed by atoms with Gasteiger partial charge in [0.15, 0.2) is 5.96 Å². The number of hydrogen-bond donors (Lipinski definition) is 3. The number of aliphatic imine (C=N–C) groups is 1. The quantitative estimate of drug-likeness (QED) is 0.595. The lowest BCUT2D eigenvalue weighted by atomic mass is 10.1. The van der Waals surface area contributed by atoms with Gasteiger partial charge in [-0.05, 0) is 54.2 Å². The van der Waals surface area contributed by atoms with Gasteiger partial charge in [0, 0.05) is 18.8 Å². The molecule has 0 fully saturated rings. The second-order valence-corrected chi connectivity index (χ2v) is 5.90. The summed E-state index contributed by atoms with van der Waals surface area (Å²) in [5, 5.41) is 5.76. The number of anilines is 2. The molecule has 0 saturated heterocycles. The number of nitrogens with two attached hydrogens (primary N) is 1. The Labute approximate surface area is 141 Å². The van der Waals surface area contributed by atoms with Crippen molar-refractivity contribution in [3.05, 3.63) is 53.2 Å². The van der Waals surface area contributed by atoms with Gasteiger partial charge in [0.05, 0.1) is 6.54 Å². The summed E-state index contributed by atoms with van der Waals surface area (Å²) in [6.45, 7) is 1.88. The molecule has 0 spiro atoms. The van der Waals surface area contributed by atoms with Gasteiger partial charge in [-0.2, -0.15) is 0 Å². The fourth-order valence-corrected chi connectivity index (χ4v) is 2.79. The number of carbonyl (C=O) groups excluding carboxylic acids is 1. The first-order valence-electron chi connectivity index (χ1n) is 8.01. The van der Waals surface area contributed by atoms with E-state index in [4.69, 9.17) is 5.73 Å². The Hall–Kier alpha value is -2.89. The number of nitrogens with zero attached hydrogens (tertiary/aromatic N) is 2. The number of fused-ring (bicyclic) bond motifs is 1. The van der Waals surface area contributed by atoms with Crippen LogP contribution in [0.1, 0.15) is 30.0 Å². The van der Waals surface area contributed by atoms with Crippen LogP contribution in [0.3, 0.4) is 0 Å². The van der Waals surface area contributed by atoms with E-state index in [2.05, 4.69) is 32.7 Å². The van der Waals surface area contributed by atoms with Gasteiger partial charge in [0.25, 0.3) is 0 Å². The monoisotopic (exact) mass is 323 g/mol. The molecule has 124 valence electrons. The molecule has 1 aromatic carbocycles. The largest absolute Gasteiger partial charge is 0.370 e. The molecule has 0 bridgehead atoms. The van der Waals surface area contributed by atoms with Crippen molar-refractivity contribution in [1.82, 2.24) is 4.98 Å². The Morgan fingerprint density at radius 3 is 2.79 bits per heavy atom. The zero-order valence-electron chi connectivity index (χ0n) is 13.7. The normalized spacial score (nSPS) is 13.5. The average Bonchev–Trinajstić information content (AvgIpc) is 3.01. The van der Waals surface area contributed by atoms with E-state index in [1.807, 2.05) is 12.1 Å². The topological polar surface area (TPSA) is 92.4 Å². The number of carbonyl (C=O) groups is 1. The Balaban J connectivity index is 1.59. The van der Waals surface area contributed by atoms with Crippen LogP contribution in [0.2, 0.25) is 0 Å². The second-order valence-electron chi connectivity index (χ2n) is 5.90. The van der Waals surface area contributed by atoms with Crippen LogP contribution in [0.5, 0.6) is 0 Å².